The molecule has 0 aliphatic carbocycles. The van der Waals surface area contributed by atoms with Crippen LogP contribution in [0.5, 0.6) is 5.75 Å². The van der Waals surface area contributed by atoms with Crippen molar-refractivity contribution in [2.24, 2.45) is 5.73 Å². The van der Waals surface area contributed by atoms with E-state index in [1.807, 2.05) is 30.3 Å². The van der Waals surface area contributed by atoms with Crippen LogP contribution < -0.4 is 11.1 Å². The van der Waals surface area contributed by atoms with E-state index in [2.05, 4.69) is 5.32 Å². The smallest absolute Gasteiger partial charge is 0.260 e. The van der Waals surface area contributed by atoms with Crippen LogP contribution in [0.25, 0.3) is 10.4 Å². The van der Waals surface area contributed by atoms with Crippen LogP contribution in [0, 0.1) is 6.92 Å². The van der Waals surface area contributed by atoms with E-state index in [-0.39, 0.29) is 16.9 Å². The van der Waals surface area contributed by atoms with E-state index >= 15 is 0 Å². The molecule has 2 aromatic carbocycles. The average molecular weight is 352 g/mol. The van der Waals surface area contributed by atoms with E-state index < -0.39 is 11.8 Å². The summed E-state index contributed by atoms with van der Waals surface area (Å²) in [5.74, 6) is -1.20. The summed E-state index contributed by atoms with van der Waals surface area (Å²) in [5.41, 5.74) is 7.35. The SMILES string of the molecule is Cc1cccc(C(=O)Nc2sc(-c3ccccc3)cc2C(N)=O)c1O. The molecule has 3 aromatic rings. The van der Waals surface area contributed by atoms with Gasteiger partial charge < -0.3 is 16.2 Å². The largest absolute Gasteiger partial charge is 0.507 e. The Bertz CT molecular complexity index is 949. The van der Waals surface area contributed by atoms with Gasteiger partial charge in [-0.3, -0.25) is 9.59 Å². The molecule has 5 nitrogen and oxygen atoms in total. The van der Waals surface area contributed by atoms with Gasteiger partial charge in [0.25, 0.3) is 11.8 Å². The van der Waals surface area contributed by atoms with Gasteiger partial charge in [-0.05, 0) is 30.2 Å². The third kappa shape index (κ3) is 3.39. The first kappa shape index (κ1) is 16.7. The third-order valence-electron chi connectivity index (χ3n) is 3.77. The molecule has 4 N–H and O–H groups in total. The van der Waals surface area contributed by atoms with Gasteiger partial charge in [0.05, 0.1) is 11.1 Å². The Labute approximate surface area is 148 Å². The van der Waals surface area contributed by atoms with Crippen LogP contribution in [0.1, 0.15) is 26.3 Å². The molecule has 0 fully saturated rings. The van der Waals surface area contributed by atoms with E-state index in [0.717, 1.165) is 10.4 Å². The van der Waals surface area contributed by atoms with Crippen molar-refractivity contribution in [2.45, 2.75) is 6.92 Å². The van der Waals surface area contributed by atoms with Crippen molar-refractivity contribution in [3.63, 3.8) is 0 Å². The first-order valence-corrected chi connectivity index (χ1v) is 8.38. The van der Waals surface area contributed by atoms with E-state index in [0.29, 0.717) is 10.6 Å². The molecule has 0 saturated heterocycles. The molecule has 25 heavy (non-hydrogen) atoms. The number of amides is 2. The summed E-state index contributed by atoms with van der Waals surface area (Å²) in [6, 6.07) is 16.1. The fourth-order valence-corrected chi connectivity index (χ4v) is 3.49. The standard InChI is InChI=1S/C19H16N2O3S/c1-11-6-5-9-13(16(11)22)18(24)21-19-14(17(20)23)10-15(25-19)12-7-3-2-4-8-12/h2-10,22H,1H3,(H2,20,23)(H,21,24). The lowest BCUT2D eigenvalue weighted by Gasteiger charge is -2.08. The van der Waals surface area contributed by atoms with Crippen molar-refractivity contribution in [1.29, 1.82) is 0 Å². The summed E-state index contributed by atoms with van der Waals surface area (Å²) >= 11 is 1.26. The number of benzene rings is 2. The fraction of sp³-hybridized carbons (Fsp3) is 0.0526. The molecule has 0 aliphatic rings. The first-order valence-electron chi connectivity index (χ1n) is 7.56. The second-order valence-electron chi connectivity index (χ2n) is 5.51. The molecule has 0 spiro atoms. The van der Waals surface area contributed by atoms with Crippen LogP contribution in [0.2, 0.25) is 0 Å². The van der Waals surface area contributed by atoms with Gasteiger partial charge in [0.2, 0.25) is 0 Å². The van der Waals surface area contributed by atoms with Gasteiger partial charge in [0, 0.05) is 4.88 Å². The highest BCUT2D eigenvalue weighted by Crippen LogP contribution is 2.36. The molecule has 1 aromatic heterocycles. The fourth-order valence-electron chi connectivity index (χ4n) is 2.42. The highest BCUT2D eigenvalue weighted by Gasteiger charge is 2.19. The molecule has 0 bridgehead atoms. The summed E-state index contributed by atoms with van der Waals surface area (Å²) in [5, 5.41) is 13.1. The van der Waals surface area contributed by atoms with Crippen molar-refractivity contribution in [3.8, 4) is 16.2 Å². The lowest BCUT2D eigenvalue weighted by molar-refractivity contribution is 0.100. The monoisotopic (exact) mass is 352 g/mol. The van der Waals surface area contributed by atoms with Gasteiger partial charge in [0.15, 0.2) is 0 Å². The summed E-state index contributed by atoms with van der Waals surface area (Å²) < 4.78 is 0. The van der Waals surface area contributed by atoms with Crippen LogP contribution in [0.4, 0.5) is 5.00 Å². The summed E-state index contributed by atoms with van der Waals surface area (Å²) in [4.78, 5) is 25.0. The molecule has 1 heterocycles. The minimum Gasteiger partial charge on any atom is -0.507 e. The van der Waals surface area contributed by atoms with Crippen molar-refractivity contribution in [1.82, 2.24) is 0 Å². The van der Waals surface area contributed by atoms with Gasteiger partial charge in [-0.25, -0.2) is 0 Å². The maximum Gasteiger partial charge on any atom is 0.260 e. The first-order chi connectivity index (χ1) is 12.0. The molecular formula is C19H16N2O3S. The van der Waals surface area contributed by atoms with Crippen LogP contribution in [0.15, 0.2) is 54.6 Å². The Morgan fingerprint density at radius 1 is 1.04 bits per heavy atom. The number of aromatic hydroxyl groups is 1. The molecule has 126 valence electrons. The number of primary amides is 1. The highest BCUT2D eigenvalue weighted by atomic mass is 32.1. The molecule has 0 atom stereocenters. The van der Waals surface area contributed by atoms with Gasteiger partial charge in [-0.15, -0.1) is 11.3 Å². The zero-order valence-electron chi connectivity index (χ0n) is 13.4. The molecule has 3 rings (SSSR count). The highest BCUT2D eigenvalue weighted by molar-refractivity contribution is 7.20. The van der Waals surface area contributed by atoms with Gasteiger partial charge in [0.1, 0.15) is 10.8 Å². The molecule has 0 aliphatic heterocycles. The number of nitrogens with two attached hydrogens (primary N) is 1. The summed E-state index contributed by atoms with van der Waals surface area (Å²) in [7, 11) is 0. The molecule has 0 radical (unpaired) electrons. The third-order valence-corrected chi connectivity index (χ3v) is 4.86. The molecular weight excluding hydrogens is 336 g/mol. The minimum absolute atomic E-state index is 0.0829. The van der Waals surface area contributed by atoms with Gasteiger partial charge in [-0.2, -0.15) is 0 Å². The molecule has 0 unspecified atom stereocenters. The maximum absolute atomic E-state index is 12.5. The Morgan fingerprint density at radius 2 is 1.76 bits per heavy atom. The molecule has 2 amide bonds. The Morgan fingerprint density at radius 3 is 2.44 bits per heavy atom. The topological polar surface area (TPSA) is 92.4 Å². The van der Waals surface area contributed by atoms with Gasteiger partial charge >= 0.3 is 0 Å². The number of rotatable bonds is 4. The lowest BCUT2D eigenvalue weighted by Crippen LogP contribution is -2.16. The Kier molecular flexibility index (Phi) is 4.54. The van der Waals surface area contributed by atoms with E-state index in [1.54, 1.807) is 25.1 Å². The van der Waals surface area contributed by atoms with Crippen molar-refractivity contribution >= 4 is 28.2 Å². The number of carbonyl (C=O) groups excluding carboxylic acids is 2. The second kappa shape index (κ2) is 6.78. The van der Waals surface area contributed by atoms with Crippen LogP contribution in [-0.4, -0.2) is 16.9 Å². The van der Waals surface area contributed by atoms with Crippen molar-refractivity contribution in [2.75, 3.05) is 5.32 Å². The van der Waals surface area contributed by atoms with Crippen LogP contribution in [-0.2, 0) is 0 Å². The predicted octanol–water partition coefficient (Wildman–Crippen LogP) is 3.78. The van der Waals surface area contributed by atoms with Gasteiger partial charge in [-0.1, -0.05) is 42.5 Å². The van der Waals surface area contributed by atoms with Crippen LogP contribution in [0.3, 0.4) is 0 Å². The number of phenols is 1. The van der Waals surface area contributed by atoms with Crippen molar-refractivity contribution < 1.29 is 14.7 Å². The zero-order chi connectivity index (χ0) is 18.0. The quantitative estimate of drug-likeness (QED) is 0.667. The van der Waals surface area contributed by atoms with E-state index in [4.69, 9.17) is 5.73 Å². The van der Waals surface area contributed by atoms with E-state index in [1.165, 1.54) is 17.4 Å². The Balaban J connectivity index is 1.96. The average Bonchev–Trinajstić information content (AvgIpc) is 3.02. The lowest BCUT2D eigenvalue weighted by atomic mass is 10.1. The summed E-state index contributed by atoms with van der Waals surface area (Å²) in [6.45, 7) is 1.71. The molecule has 0 saturated carbocycles. The number of phenolic OH excluding ortho intramolecular Hbond substituents is 1. The van der Waals surface area contributed by atoms with Crippen molar-refractivity contribution in [3.05, 3.63) is 71.3 Å². The second-order valence-corrected chi connectivity index (χ2v) is 6.56. The number of aryl methyl sites for hydroxylation is 1. The number of hydrogen-bond donors (Lipinski definition) is 3. The minimum atomic E-state index is -0.623. The number of thiophene rings is 1. The zero-order valence-corrected chi connectivity index (χ0v) is 14.3. The van der Waals surface area contributed by atoms with E-state index in [9.17, 15) is 14.7 Å². The molecule has 6 heteroatoms. The Hall–Kier alpha value is -3.12. The number of nitrogens with one attached hydrogen (secondary N) is 1. The number of para-hydroxylation sites is 1. The normalized spacial score (nSPS) is 10.4. The number of hydrogen-bond acceptors (Lipinski definition) is 4. The number of carbonyl (C=O) groups is 2. The predicted molar refractivity (Wildman–Crippen MR) is 99.1 cm³/mol. The van der Waals surface area contributed by atoms with Crippen LogP contribution >= 0.6 is 11.3 Å². The number of anilines is 1. The maximum atomic E-state index is 12.5. The summed E-state index contributed by atoms with van der Waals surface area (Å²) in [6.07, 6.45) is 0.